The van der Waals surface area contributed by atoms with E-state index in [1.807, 2.05) is 7.05 Å². The van der Waals surface area contributed by atoms with Crippen molar-refractivity contribution in [3.05, 3.63) is 202 Å². The molecule has 0 aliphatic carbocycles. The third-order valence-electron chi connectivity index (χ3n) is 17.9. The van der Waals surface area contributed by atoms with Gasteiger partial charge in [0.15, 0.2) is 27.8 Å². The first kappa shape index (κ1) is 86.1. The fraction of sp³-hybridized carbons (Fsp3) is 0.321. The summed E-state index contributed by atoms with van der Waals surface area (Å²) in [5, 5.41) is 5.97. The number of nitrogens with one attached hydrogen (secondary N) is 1. The average Bonchev–Trinajstić information content (AvgIpc) is 1.60. The molecule has 10 heterocycles. The second kappa shape index (κ2) is 39.3. The summed E-state index contributed by atoms with van der Waals surface area (Å²) in [6.07, 6.45) is 6.02. The van der Waals surface area contributed by atoms with Gasteiger partial charge in [0.1, 0.15) is 55.7 Å². The van der Waals surface area contributed by atoms with Gasteiger partial charge in [-0.2, -0.15) is 14.6 Å². The quantitative estimate of drug-likeness (QED) is 0.0232. The van der Waals surface area contributed by atoms with Gasteiger partial charge in [0.05, 0.1) is 13.2 Å². The standard InChI is InChI=1S/C18H17ClN4O3.C18H22ClNO6.C14H12Cl2N2O3.C14H14ClN3O4.C14H13ClN2O4/c1-22-8-6-20-17(22)14-16-15(12-10-11(19)4-5-13(12)26-16)23(18(24)21-14)7-3-9-25-2;1-4-24-17(21)16-15(13-11-12(19)7-8-14(13)26-16)20(9-6-10-23-3)18(22)25-5-2;1-20-6-2-5-18-11-9-7-8(15)3-4-10(9)21-12(11)13(16)17-14(18)19;1-21-6-2-5-17-11-9-7-8(15)3-4-10(9)22-12(11)13(19)18(16)14(17)20;1-20-6-2-5-17-11-9-7-8(15)3-4-10(9)21-12(11)13(18)16-14(17)19/h4-6,8,10H,3,7,9H2,1-2H3;7-8,11H,4-6,9-10H2,1-3H3;3-4,7H,2,5-6H2,1H3;3-4,7H,2,5-6,16H2,1H3;3-4,7H,2,5-6H2,1H3,(H,16,18,19). The predicted octanol–water partition coefficient (Wildman–Crippen LogP) is 14.4. The number of nitrogen functional groups attached to an aromatic ring is 1. The van der Waals surface area contributed by atoms with Gasteiger partial charge in [0, 0.05) is 173 Å². The van der Waals surface area contributed by atoms with E-state index in [1.165, 1.54) is 14.0 Å². The van der Waals surface area contributed by atoms with Crippen molar-refractivity contribution < 1.29 is 64.8 Å². The number of rotatable bonds is 25. The second-order valence-electron chi connectivity index (χ2n) is 25.5. The number of nitrogens with zero attached hydrogens (tertiary/aromatic N) is 10. The lowest BCUT2D eigenvalue weighted by atomic mass is 10.2. The number of fused-ring (bicyclic) bond motifs is 13. The first-order valence-electron chi connectivity index (χ1n) is 36.0. The highest BCUT2D eigenvalue weighted by Crippen LogP contribution is 2.39. The van der Waals surface area contributed by atoms with Crippen LogP contribution in [-0.4, -0.2) is 148 Å². The first-order chi connectivity index (χ1) is 55.9. The Morgan fingerprint density at radius 3 is 1.37 bits per heavy atom. The molecule has 32 nitrogen and oxygen atoms in total. The monoisotopic (exact) mass is 1710 g/mol. The molecule has 0 unspecified atom stereocenters. The Balaban J connectivity index is 0.000000143. The van der Waals surface area contributed by atoms with Crippen molar-refractivity contribution in [3.8, 4) is 11.5 Å². The maximum Gasteiger partial charge on any atom is 0.414 e. The first-order valence-corrected chi connectivity index (χ1v) is 38.3. The van der Waals surface area contributed by atoms with Crippen molar-refractivity contribution in [1.82, 2.24) is 47.4 Å². The number of hydrogen-bond donors (Lipinski definition) is 2. The number of methoxy groups -OCH3 is 5. The summed E-state index contributed by atoms with van der Waals surface area (Å²) in [5.41, 5.74) is 3.61. The zero-order valence-electron chi connectivity index (χ0n) is 63.8. The molecule has 0 saturated carbocycles. The molecule has 15 rings (SSSR count). The maximum absolute atomic E-state index is 12.8. The van der Waals surface area contributed by atoms with Crippen LogP contribution in [0, 0.1) is 0 Å². The van der Waals surface area contributed by atoms with E-state index in [-0.39, 0.29) is 53.2 Å². The van der Waals surface area contributed by atoms with Crippen molar-refractivity contribution in [1.29, 1.82) is 0 Å². The number of ether oxygens (including phenoxy) is 7. The fourth-order valence-corrected chi connectivity index (χ4v) is 13.9. The topological polar surface area (TPSA) is 380 Å². The molecule has 0 spiro atoms. The number of aromatic amines is 1. The number of benzene rings is 5. The summed E-state index contributed by atoms with van der Waals surface area (Å²) < 4.78 is 72.3. The highest BCUT2D eigenvalue weighted by Gasteiger charge is 2.31. The molecule has 5 aromatic carbocycles. The van der Waals surface area contributed by atoms with Crippen molar-refractivity contribution in [3.63, 3.8) is 0 Å². The van der Waals surface area contributed by atoms with Gasteiger partial charge >= 0.3 is 40.4 Å². The normalized spacial score (nSPS) is 11.4. The van der Waals surface area contributed by atoms with Gasteiger partial charge in [-0.3, -0.25) is 37.7 Å². The fourth-order valence-electron chi connectivity index (χ4n) is 12.8. The lowest BCUT2D eigenvalue weighted by Gasteiger charge is -2.21. The molecular formula is C78H78Cl6N12O20. The summed E-state index contributed by atoms with van der Waals surface area (Å²) in [7, 11) is 9.85. The number of aromatic nitrogens is 10. The molecule has 116 heavy (non-hydrogen) atoms. The maximum atomic E-state index is 12.8. The molecule has 0 fully saturated rings. The number of imidazole rings is 1. The van der Waals surface area contributed by atoms with Crippen LogP contribution in [0.2, 0.25) is 30.3 Å². The van der Waals surface area contributed by atoms with Crippen molar-refractivity contribution in [2.24, 2.45) is 7.05 Å². The van der Waals surface area contributed by atoms with Gasteiger partial charge in [0.25, 0.3) is 5.56 Å². The number of amides is 1. The number of H-pyrrole nitrogens is 1. The Morgan fingerprint density at radius 1 is 0.491 bits per heavy atom. The van der Waals surface area contributed by atoms with Crippen LogP contribution in [0.5, 0.6) is 0 Å². The molecule has 38 heteroatoms. The molecule has 0 aliphatic heterocycles. The SMILES string of the molecule is CCOC(=O)c1oc2ccc(Cl)cc2c1N(CCCOC)C(=O)OCC.COCCCn1c(=O)[nH]c(=O)c2oc3ccc(Cl)cc3c21.COCCCn1c(=O)n(N)c(=O)c2oc3ccc(Cl)cc3c21.COCCCn1c(=O)nc(-c2nccn2C)c2oc3ccc(Cl)cc3c21.COCCCn1c(=O)nc(Cl)c2oc3ccc(Cl)cc3c21. The second-order valence-corrected chi connectivity index (χ2v) is 28.1. The Morgan fingerprint density at radius 2 is 0.897 bits per heavy atom. The van der Waals surface area contributed by atoms with E-state index in [2.05, 4.69) is 19.9 Å². The molecule has 0 saturated heterocycles. The molecule has 0 atom stereocenters. The Kier molecular flexibility index (Phi) is 29.1. The van der Waals surface area contributed by atoms with Gasteiger partial charge in [-0.25, -0.2) is 33.8 Å². The molecule has 15 aromatic rings. The van der Waals surface area contributed by atoms with Crippen LogP contribution >= 0.6 is 69.6 Å². The van der Waals surface area contributed by atoms with Crippen LogP contribution in [0.4, 0.5) is 10.5 Å². The summed E-state index contributed by atoms with van der Waals surface area (Å²) in [6, 6.07) is 25.5. The van der Waals surface area contributed by atoms with Crippen LogP contribution in [0.25, 0.3) is 111 Å². The lowest BCUT2D eigenvalue weighted by molar-refractivity contribution is 0.0493. The van der Waals surface area contributed by atoms with Gasteiger partial charge in [-0.1, -0.05) is 69.6 Å². The van der Waals surface area contributed by atoms with Crippen LogP contribution in [0.1, 0.15) is 56.5 Å². The number of esters is 1. The van der Waals surface area contributed by atoms with Crippen LogP contribution in [-0.2, 0) is 66.4 Å². The summed E-state index contributed by atoms with van der Waals surface area (Å²) in [4.78, 5) is 114. The molecule has 10 aromatic heterocycles. The minimum Gasteiger partial charge on any atom is -0.460 e. The van der Waals surface area contributed by atoms with Crippen molar-refractivity contribution in [2.75, 3.05) is 99.1 Å². The number of carbonyl (C=O) groups excluding carboxylic acids is 2. The van der Waals surface area contributed by atoms with Crippen molar-refractivity contribution in [2.45, 2.75) is 72.1 Å². The third kappa shape index (κ3) is 18.9. The number of halogens is 6. The summed E-state index contributed by atoms with van der Waals surface area (Å²) >= 11 is 36.4. The van der Waals surface area contributed by atoms with Crippen LogP contribution < -0.4 is 44.6 Å². The summed E-state index contributed by atoms with van der Waals surface area (Å²) in [5.74, 6) is 5.41. The van der Waals surface area contributed by atoms with E-state index in [0.29, 0.717) is 210 Å². The Labute approximate surface area is 686 Å². The average molecular weight is 1720 g/mol. The van der Waals surface area contributed by atoms with Crippen LogP contribution in [0.15, 0.2) is 154 Å². The number of nitrogens with two attached hydrogens (primary N) is 1. The van der Waals surface area contributed by atoms with E-state index in [1.54, 1.807) is 166 Å². The number of anilines is 1. The summed E-state index contributed by atoms with van der Waals surface area (Å²) in [6.45, 7) is 8.30. The minimum atomic E-state index is -0.671. The number of furan rings is 5. The number of carbonyl (C=O) groups is 2. The molecule has 1 amide bonds. The number of aryl methyl sites for hydroxylation is 5. The van der Waals surface area contributed by atoms with E-state index < -0.39 is 40.3 Å². The molecule has 3 N–H and O–H groups in total. The predicted molar refractivity (Wildman–Crippen MR) is 444 cm³/mol. The Bertz CT molecular complexity index is 6480. The zero-order valence-corrected chi connectivity index (χ0v) is 68.4. The molecule has 0 radical (unpaired) electrons. The highest BCUT2D eigenvalue weighted by molar-refractivity contribution is 6.35. The number of hydrogen-bond acceptors (Lipinski definition) is 24. The zero-order chi connectivity index (χ0) is 83.2. The van der Waals surface area contributed by atoms with E-state index >= 15 is 0 Å². The van der Waals surface area contributed by atoms with Crippen LogP contribution in [0.3, 0.4) is 0 Å². The van der Waals surface area contributed by atoms with Crippen molar-refractivity contribution >= 4 is 187 Å². The van der Waals surface area contributed by atoms with E-state index in [4.69, 9.17) is 131 Å². The highest BCUT2D eigenvalue weighted by atomic mass is 35.5. The van der Waals surface area contributed by atoms with E-state index in [0.717, 1.165) is 10.8 Å². The van der Waals surface area contributed by atoms with Gasteiger partial charge in [0.2, 0.25) is 16.9 Å². The van der Waals surface area contributed by atoms with Gasteiger partial charge in [-0.05, 0) is 137 Å². The molecular weight excluding hydrogens is 1640 g/mol. The van der Waals surface area contributed by atoms with Gasteiger partial charge in [-0.15, -0.1) is 0 Å². The third-order valence-corrected chi connectivity index (χ3v) is 19.3. The molecule has 0 aliphatic rings. The smallest absolute Gasteiger partial charge is 0.414 e. The largest absolute Gasteiger partial charge is 0.460 e. The molecule has 612 valence electrons. The minimum absolute atomic E-state index is 0.0387. The lowest BCUT2D eigenvalue weighted by Crippen LogP contribution is -2.44. The van der Waals surface area contributed by atoms with E-state index in [9.17, 15) is 38.4 Å². The van der Waals surface area contributed by atoms with Gasteiger partial charge < -0.3 is 65.7 Å². The molecule has 0 bridgehead atoms. The Hall–Kier alpha value is -10.8.